The van der Waals surface area contributed by atoms with Gasteiger partial charge in [0.1, 0.15) is 17.9 Å². The van der Waals surface area contributed by atoms with E-state index >= 15 is 0 Å². The number of carbonyl (C=O) groups is 1. The average Bonchev–Trinajstić information content (AvgIpc) is 2.66. The second-order valence-electron chi connectivity index (χ2n) is 3.55. The maximum atomic E-state index is 11.7. The number of aryl methyl sites for hydroxylation is 1. The topological polar surface area (TPSA) is 60.7 Å². The van der Waals surface area contributed by atoms with Crippen molar-refractivity contribution in [2.24, 2.45) is 7.05 Å². The highest BCUT2D eigenvalue weighted by atomic mass is 16.1. The molecular weight excluding hydrogens is 204 g/mol. The summed E-state index contributed by atoms with van der Waals surface area (Å²) in [5.41, 5.74) is 0.926. The van der Waals surface area contributed by atoms with Crippen LogP contribution in [0.1, 0.15) is 11.4 Å². The van der Waals surface area contributed by atoms with E-state index in [1.807, 2.05) is 12.1 Å². The van der Waals surface area contributed by atoms with E-state index in [-0.39, 0.29) is 5.78 Å². The van der Waals surface area contributed by atoms with Gasteiger partial charge >= 0.3 is 0 Å². The zero-order chi connectivity index (χ0) is 11.4. The van der Waals surface area contributed by atoms with Gasteiger partial charge in [0, 0.05) is 25.9 Å². The molecule has 0 aliphatic rings. The van der Waals surface area contributed by atoms with Crippen LogP contribution < -0.4 is 0 Å². The molecule has 0 N–H and O–H groups in total. The molecule has 0 aliphatic carbocycles. The van der Waals surface area contributed by atoms with Crippen LogP contribution in [-0.4, -0.2) is 25.5 Å². The Morgan fingerprint density at radius 1 is 1.44 bits per heavy atom. The number of carbonyl (C=O) groups excluding carboxylic acids is 1. The zero-order valence-corrected chi connectivity index (χ0v) is 9.00. The molecule has 5 nitrogen and oxygen atoms in total. The summed E-state index contributed by atoms with van der Waals surface area (Å²) >= 11 is 0. The zero-order valence-electron chi connectivity index (χ0n) is 9.00. The molecule has 0 fully saturated rings. The maximum absolute atomic E-state index is 11.7. The molecule has 0 radical (unpaired) electrons. The van der Waals surface area contributed by atoms with Crippen LogP contribution in [-0.2, 0) is 24.7 Å². The van der Waals surface area contributed by atoms with E-state index in [1.54, 1.807) is 24.1 Å². The van der Waals surface area contributed by atoms with Gasteiger partial charge < -0.3 is 0 Å². The summed E-state index contributed by atoms with van der Waals surface area (Å²) in [5.74, 6) is 0.804. The highest BCUT2D eigenvalue weighted by molar-refractivity contribution is 5.82. The van der Waals surface area contributed by atoms with Crippen molar-refractivity contribution in [2.75, 3.05) is 0 Å². The van der Waals surface area contributed by atoms with Crippen LogP contribution in [0.4, 0.5) is 0 Å². The monoisotopic (exact) mass is 216 g/mol. The van der Waals surface area contributed by atoms with E-state index in [0.29, 0.717) is 18.7 Å². The number of aromatic nitrogens is 4. The molecule has 0 amide bonds. The minimum absolute atomic E-state index is 0.115. The van der Waals surface area contributed by atoms with Crippen molar-refractivity contribution in [3.63, 3.8) is 0 Å². The molecule has 0 bridgehead atoms. The second kappa shape index (κ2) is 4.65. The lowest BCUT2D eigenvalue weighted by atomic mass is 10.1. The van der Waals surface area contributed by atoms with Crippen LogP contribution in [0.2, 0.25) is 0 Å². The summed E-state index contributed by atoms with van der Waals surface area (Å²) in [7, 11) is 1.78. The molecule has 5 heteroatoms. The summed E-state index contributed by atoms with van der Waals surface area (Å²) in [4.78, 5) is 19.7. The maximum Gasteiger partial charge on any atom is 0.144 e. The van der Waals surface area contributed by atoms with Crippen LogP contribution >= 0.6 is 0 Å². The van der Waals surface area contributed by atoms with Gasteiger partial charge in [-0.25, -0.2) is 4.98 Å². The number of hydrogen-bond acceptors (Lipinski definition) is 4. The van der Waals surface area contributed by atoms with Gasteiger partial charge in [-0.15, -0.1) is 0 Å². The summed E-state index contributed by atoms with van der Waals surface area (Å²) in [6, 6.07) is 3.71. The lowest BCUT2D eigenvalue weighted by Gasteiger charge is -2.00. The number of pyridine rings is 1. The quantitative estimate of drug-likeness (QED) is 0.749. The lowest BCUT2D eigenvalue weighted by Crippen LogP contribution is -2.11. The minimum atomic E-state index is 0.115. The Morgan fingerprint density at radius 2 is 2.31 bits per heavy atom. The van der Waals surface area contributed by atoms with Crippen molar-refractivity contribution in [3.8, 4) is 0 Å². The third-order valence-corrected chi connectivity index (χ3v) is 2.28. The summed E-state index contributed by atoms with van der Waals surface area (Å²) in [6.07, 6.45) is 5.55. The fourth-order valence-electron chi connectivity index (χ4n) is 1.45. The predicted octanol–water partition coefficient (Wildman–Crippen LogP) is 0.564. The molecule has 2 heterocycles. The number of Topliss-reactive ketones (excluding diaryl/α,β-unsaturated/α-hetero) is 1. The fourth-order valence-corrected chi connectivity index (χ4v) is 1.45. The van der Waals surface area contributed by atoms with Crippen molar-refractivity contribution in [1.82, 2.24) is 19.7 Å². The number of hydrogen-bond donors (Lipinski definition) is 0. The van der Waals surface area contributed by atoms with Gasteiger partial charge in [-0.1, -0.05) is 6.07 Å². The Bertz CT molecular complexity index is 478. The third kappa shape index (κ3) is 2.50. The molecule has 82 valence electrons. The van der Waals surface area contributed by atoms with Gasteiger partial charge in [0.05, 0.1) is 6.42 Å². The van der Waals surface area contributed by atoms with Gasteiger partial charge in [0.25, 0.3) is 0 Å². The molecule has 0 saturated carbocycles. The van der Waals surface area contributed by atoms with E-state index < -0.39 is 0 Å². The fraction of sp³-hybridized carbons (Fsp3) is 0.273. The number of nitrogens with zero attached hydrogens (tertiary/aromatic N) is 4. The van der Waals surface area contributed by atoms with Gasteiger partial charge in [-0.3, -0.25) is 14.5 Å². The SMILES string of the molecule is Cn1ncnc1CC(=O)Cc1cccnc1. The van der Waals surface area contributed by atoms with Gasteiger partial charge in [0.15, 0.2) is 0 Å². The van der Waals surface area contributed by atoms with Gasteiger partial charge in [-0.2, -0.15) is 5.10 Å². The summed E-state index contributed by atoms with van der Waals surface area (Å²) in [6.45, 7) is 0. The number of rotatable bonds is 4. The molecule has 0 aliphatic heterocycles. The van der Waals surface area contributed by atoms with Gasteiger partial charge in [0.2, 0.25) is 0 Å². The van der Waals surface area contributed by atoms with E-state index in [9.17, 15) is 4.79 Å². The van der Waals surface area contributed by atoms with Crippen molar-refractivity contribution in [1.29, 1.82) is 0 Å². The van der Waals surface area contributed by atoms with E-state index in [1.165, 1.54) is 6.33 Å². The van der Waals surface area contributed by atoms with E-state index in [2.05, 4.69) is 15.1 Å². The Hall–Kier alpha value is -2.04. The van der Waals surface area contributed by atoms with Crippen molar-refractivity contribution >= 4 is 5.78 Å². The van der Waals surface area contributed by atoms with Crippen LogP contribution in [0, 0.1) is 0 Å². The normalized spacial score (nSPS) is 10.3. The molecule has 0 saturated heterocycles. The Morgan fingerprint density at radius 3 is 2.94 bits per heavy atom. The van der Waals surface area contributed by atoms with Crippen molar-refractivity contribution in [2.45, 2.75) is 12.8 Å². The van der Waals surface area contributed by atoms with Gasteiger partial charge in [-0.05, 0) is 11.6 Å². The molecule has 16 heavy (non-hydrogen) atoms. The first-order chi connectivity index (χ1) is 7.75. The molecule has 2 aromatic rings. The molecule has 0 spiro atoms. The Balaban J connectivity index is 1.98. The Kier molecular flexibility index (Phi) is 3.05. The van der Waals surface area contributed by atoms with Crippen molar-refractivity contribution in [3.05, 3.63) is 42.2 Å². The lowest BCUT2D eigenvalue weighted by molar-refractivity contribution is -0.117. The highest BCUT2D eigenvalue weighted by Crippen LogP contribution is 2.01. The third-order valence-electron chi connectivity index (χ3n) is 2.28. The first-order valence-electron chi connectivity index (χ1n) is 4.99. The molecule has 2 aromatic heterocycles. The molecular formula is C11H12N4O. The smallest absolute Gasteiger partial charge is 0.144 e. The first kappa shape index (κ1) is 10.5. The van der Waals surface area contributed by atoms with Crippen LogP contribution in [0.3, 0.4) is 0 Å². The predicted molar refractivity (Wildman–Crippen MR) is 57.7 cm³/mol. The van der Waals surface area contributed by atoms with Crippen LogP contribution in [0.15, 0.2) is 30.9 Å². The second-order valence-corrected chi connectivity index (χ2v) is 3.55. The Labute approximate surface area is 93.2 Å². The van der Waals surface area contributed by atoms with Crippen LogP contribution in [0.25, 0.3) is 0 Å². The van der Waals surface area contributed by atoms with Crippen molar-refractivity contribution < 1.29 is 4.79 Å². The van der Waals surface area contributed by atoms with E-state index in [0.717, 1.165) is 5.56 Å². The number of ketones is 1. The molecule has 0 unspecified atom stereocenters. The summed E-state index contributed by atoms with van der Waals surface area (Å²) in [5, 5.41) is 3.92. The minimum Gasteiger partial charge on any atom is -0.299 e. The highest BCUT2D eigenvalue weighted by Gasteiger charge is 2.08. The summed E-state index contributed by atoms with van der Waals surface area (Å²) < 4.78 is 1.61. The molecule has 2 rings (SSSR count). The largest absolute Gasteiger partial charge is 0.299 e. The average molecular weight is 216 g/mol. The first-order valence-corrected chi connectivity index (χ1v) is 4.99. The standard InChI is InChI=1S/C11H12N4O/c1-15-11(13-8-14-15)6-10(16)5-9-3-2-4-12-7-9/h2-4,7-8H,5-6H2,1H3. The molecule has 0 aromatic carbocycles. The molecule has 0 atom stereocenters. The van der Waals surface area contributed by atoms with Crippen LogP contribution in [0.5, 0.6) is 0 Å². The van der Waals surface area contributed by atoms with E-state index in [4.69, 9.17) is 0 Å².